The highest BCUT2D eigenvalue weighted by molar-refractivity contribution is 5.49. The van der Waals surface area contributed by atoms with Crippen LogP contribution in [0.4, 0.5) is 17.6 Å². The molecule has 0 saturated heterocycles. The van der Waals surface area contributed by atoms with E-state index in [1.165, 1.54) is 0 Å². The van der Waals surface area contributed by atoms with Gasteiger partial charge in [0.05, 0.1) is 12.5 Å². The molecule has 0 aliphatic heterocycles. The molecule has 0 aromatic carbocycles. The first-order valence-electron chi connectivity index (χ1n) is 4.11. The number of rotatable bonds is 3. The average molecular weight is 192 g/mol. The molecular formula is C8H12N6. The molecule has 0 aliphatic rings. The normalized spacial score (nSPS) is 9.43. The Bertz CT molecular complexity index is 335. The lowest BCUT2D eigenvalue weighted by molar-refractivity contribution is 0.882. The molecule has 0 bridgehead atoms. The van der Waals surface area contributed by atoms with Crippen molar-refractivity contribution in [2.75, 3.05) is 30.0 Å². The second-order valence-electron chi connectivity index (χ2n) is 2.84. The summed E-state index contributed by atoms with van der Waals surface area (Å²) in [6.45, 7) is 0.590. The zero-order valence-electron chi connectivity index (χ0n) is 7.94. The van der Waals surface area contributed by atoms with E-state index in [1.807, 2.05) is 7.05 Å². The van der Waals surface area contributed by atoms with Crippen LogP contribution in [0.1, 0.15) is 6.42 Å². The van der Waals surface area contributed by atoms with E-state index in [0.29, 0.717) is 24.6 Å². The van der Waals surface area contributed by atoms with Crippen LogP contribution in [-0.4, -0.2) is 23.6 Å². The third kappa shape index (κ3) is 2.48. The van der Waals surface area contributed by atoms with Crippen LogP contribution in [0.25, 0.3) is 0 Å². The van der Waals surface area contributed by atoms with Gasteiger partial charge in [-0.05, 0) is 0 Å². The van der Waals surface area contributed by atoms with E-state index in [-0.39, 0.29) is 5.95 Å². The molecular weight excluding hydrogens is 180 g/mol. The van der Waals surface area contributed by atoms with E-state index in [1.54, 1.807) is 11.0 Å². The number of nitrogens with two attached hydrogens (primary N) is 2. The molecule has 1 heterocycles. The summed E-state index contributed by atoms with van der Waals surface area (Å²) in [6.07, 6.45) is 0.431. The monoisotopic (exact) mass is 192 g/mol. The molecule has 4 N–H and O–H groups in total. The standard InChI is InChI=1S/C8H12N6/c1-14(4-2-3-9)7-5-6(10)12-8(11)13-7/h5H,2,4H2,1H3,(H4,10,11,12,13). The number of nitrogen functional groups attached to an aromatic ring is 2. The summed E-state index contributed by atoms with van der Waals surface area (Å²) in [6, 6.07) is 3.67. The lowest BCUT2D eigenvalue weighted by Crippen LogP contribution is -2.20. The van der Waals surface area contributed by atoms with E-state index < -0.39 is 0 Å². The highest BCUT2D eigenvalue weighted by atomic mass is 15.2. The van der Waals surface area contributed by atoms with Crippen LogP contribution in [0.2, 0.25) is 0 Å². The molecule has 6 nitrogen and oxygen atoms in total. The zero-order valence-corrected chi connectivity index (χ0v) is 7.94. The highest BCUT2D eigenvalue weighted by Gasteiger charge is 2.04. The number of hydrogen-bond donors (Lipinski definition) is 2. The largest absolute Gasteiger partial charge is 0.383 e. The van der Waals surface area contributed by atoms with Gasteiger partial charge in [0.25, 0.3) is 0 Å². The minimum Gasteiger partial charge on any atom is -0.383 e. The van der Waals surface area contributed by atoms with Crippen LogP contribution in [0, 0.1) is 11.3 Å². The lowest BCUT2D eigenvalue weighted by Gasteiger charge is -2.16. The number of hydrogen-bond acceptors (Lipinski definition) is 6. The average Bonchev–Trinajstić information content (AvgIpc) is 2.12. The fourth-order valence-electron chi connectivity index (χ4n) is 0.999. The first kappa shape index (κ1) is 10.1. The van der Waals surface area contributed by atoms with Crippen LogP contribution in [0.3, 0.4) is 0 Å². The molecule has 1 rings (SSSR count). The van der Waals surface area contributed by atoms with E-state index in [0.717, 1.165) is 0 Å². The molecule has 0 unspecified atom stereocenters. The van der Waals surface area contributed by atoms with E-state index in [4.69, 9.17) is 16.7 Å². The molecule has 0 atom stereocenters. The van der Waals surface area contributed by atoms with Gasteiger partial charge in [0, 0.05) is 19.7 Å². The Kier molecular flexibility index (Phi) is 3.07. The van der Waals surface area contributed by atoms with Crippen LogP contribution < -0.4 is 16.4 Å². The number of nitriles is 1. The molecule has 14 heavy (non-hydrogen) atoms. The van der Waals surface area contributed by atoms with Crippen molar-refractivity contribution in [2.24, 2.45) is 0 Å². The summed E-state index contributed by atoms with van der Waals surface area (Å²) in [5.74, 6) is 1.10. The van der Waals surface area contributed by atoms with Crippen molar-refractivity contribution in [3.63, 3.8) is 0 Å². The quantitative estimate of drug-likeness (QED) is 0.697. The first-order chi connectivity index (χ1) is 6.63. The summed E-state index contributed by atoms with van der Waals surface area (Å²) >= 11 is 0. The molecule has 1 aromatic rings. The Balaban J connectivity index is 2.79. The van der Waals surface area contributed by atoms with Crippen molar-refractivity contribution < 1.29 is 0 Å². The number of nitrogens with zero attached hydrogens (tertiary/aromatic N) is 4. The van der Waals surface area contributed by atoms with Gasteiger partial charge in [-0.2, -0.15) is 15.2 Å². The Hall–Kier alpha value is -2.03. The fraction of sp³-hybridized carbons (Fsp3) is 0.375. The maximum atomic E-state index is 8.41. The Morgan fingerprint density at radius 3 is 2.79 bits per heavy atom. The maximum Gasteiger partial charge on any atom is 0.223 e. The number of anilines is 3. The second-order valence-corrected chi connectivity index (χ2v) is 2.84. The highest BCUT2D eigenvalue weighted by Crippen LogP contribution is 2.13. The topological polar surface area (TPSA) is 105 Å². The maximum absolute atomic E-state index is 8.41. The van der Waals surface area contributed by atoms with Crippen LogP contribution in [0.5, 0.6) is 0 Å². The van der Waals surface area contributed by atoms with Gasteiger partial charge >= 0.3 is 0 Å². The Labute approximate surface area is 82.2 Å². The Morgan fingerprint density at radius 1 is 1.50 bits per heavy atom. The molecule has 6 heteroatoms. The van der Waals surface area contributed by atoms with Crippen molar-refractivity contribution in [3.8, 4) is 6.07 Å². The van der Waals surface area contributed by atoms with Crippen LogP contribution >= 0.6 is 0 Å². The van der Waals surface area contributed by atoms with Crippen LogP contribution in [0.15, 0.2) is 6.07 Å². The molecule has 0 spiro atoms. The van der Waals surface area contributed by atoms with Crippen molar-refractivity contribution in [1.29, 1.82) is 5.26 Å². The first-order valence-corrected chi connectivity index (χ1v) is 4.11. The van der Waals surface area contributed by atoms with Gasteiger partial charge in [-0.3, -0.25) is 0 Å². The van der Waals surface area contributed by atoms with E-state index in [2.05, 4.69) is 16.0 Å². The Morgan fingerprint density at radius 2 is 2.21 bits per heavy atom. The summed E-state index contributed by atoms with van der Waals surface area (Å²) in [5.41, 5.74) is 10.9. The van der Waals surface area contributed by atoms with E-state index >= 15 is 0 Å². The zero-order chi connectivity index (χ0) is 10.6. The van der Waals surface area contributed by atoms with Gasteiger partial charge in [0.15, 0.2) is 0 Å². The summed E-state index contributed by atoms with van der Waals surface area (Å²) in [5, 5.41) is 8.41. The van der Waals surface area contributed by atoms with Gasteiger partial charge in [-0.25, -0.2) is 0 Å². The SMILES string of the molecule is CN(CCC#N)c1cc(N)nc(N)n1. The summed E-state index contributed by atoms with van der Waals surface area (Å²) in [7, 11) is 1.82. The molecule has 0 radical (unpaired) electrons. The third-order valence-corrected chi connectivity index (χ3v) is 1.70. The molecule has 0 saturated carbocycles. The van der Waals surface area contributed by atoms with Gasteiger partial charge < -0.3 is 16.4 Å². The molecule has 0 aliphatic carbocycles. The molecule has 1 aromatic heterocycles. The lowest BCUT2D eigenvalue weighted by atomic mass is 10.4. The van der Waals surface area contributed by atoms with Crippen molar-refractivity contribution in [2.45, 2.75) is 6.42 Å². The fourth-order valence-corrected chi connectivity index (χ4v) is 0.999. The van der Waals surface area contributed by atoms with Gasteiger partial charge in [-0.1, -0.05) is 0 Å². The van der Waals surface area contributed by atoms with Crippen molar-refractivity contribution >= 4 is 17.6 Å². The summed E-state index contributed by atoms with van der Waals surface area (Å²) in [4.78, 5) is 9.54. The predicted octanol–water partition coefficient (Wildman–Crippen LogP) is -0.00912. The second kappa shape index (κ2) is 4.28. The molecule has 0 fully saturated rings. The molecule has 0 amide bonds. The van der Waals surface area contributed by atoms with Crippen molar-refractivity contribution in [1.82, 2.24) is 9.97 Å². The predicted molar refractivity (Wildman–Crippen MR) is 54.4 cm³/mol. The van der Waals surface area contributed by atoms with E-state index in [9.17, 15) is 0 Å². The third-order valence-electron chi connectivity index (χ3n) is 1.70. The van der Waals surface area contributed by atoms with Gasteiger partial charge in [0.2, 0.25) is 5.95 Å². The minimum absolute atomic E-state index is 0.142. The smallest absolute Gasteiger partial charge is 0.223 e. The molecule has 74 valence electrons. The van der Waals surface area contributed by atoms with Gasteiger partial charge in [0.1, 0.15) is 11.6 Å². The van der Waals surface area contributed by atoms with Crippen molar-refractivity contribution in [3.05, 3.63) is 6.07 Å². The summed E-state index contributed by atoms with van der Waals surface area (Å²) < 4.78 is 0. The number of aromatic nitrogens is 2. The minimum atomic E-state index is 0.142. The van der Waals surface area contributed by atoms with Gasteiger partial charge in [-0.15, -0.1) is 0 Å². The van der Waals surface area contributed by atoms with Crippen LogP contribution in [-0.2, 0) is 0 Å².